The van der Waals surface area contributed by atoms with E-state index in [-0.39, 0.29) is 11.5 Å². The minimum absolute atomic E-state index is 0.129. The molecule has 2 nitrogen and oxygen atoms in total. The van der Waals surface area contributed by atoms with Crippen molar-refractivity contribution < 1.29 is 9.90 Å². The maximum Gasteiger partial charge on any atom is 0.133 e. The molecular weight excluding hydrogens is 260 g/mol. The van der Waals surface area contributed by atoms with E-state index in [2.05, 4.69) is 13.8 Å². The minimum Gasteiger partial charge on any atom is -0.393 e. The van der Waals surface area contributed by atoms with Crippen molar-refractivity contribution in [2.75, 3.05) is 0 Å². The third kappa shape index (κ3) is 1.90. The molecule has 4 aliphatic carbocycles. The predicted molar refractivity (Wildman–Crippen MR) is 82.7 cm³/mol. The first-order chi connectivity index (χ1) is 9.94. The van der Waals surface area contributed by atoms with Crippen molar-refractivity contribution in [1.82, 2.24) is 0 Å². The Hall–Kier alpha value is -0.370. The highest BCUT2D eigenvalue weighted by molar-refractivity contribution is 5.79. The average molecular weight is 290 g/mol. The van der Waals surface area contributed by atoms with Crippen molar-refractivity contribution in [3.63, 3.8) is 0 Å². The van der Waals surface area contributed by atoms with Gasteiger partial charge in [0.1, 0.15) is 5.78 Å². The summed E-state index contributed by atoms with van der Waals surface area (Å²) in [5.74, 6) is 3.02. The molecule has 0 bridgehead atoms. The van der Waals surface area contributed by atoms with Crippen molar-refractivity contribution in [2.45, 2.75) is 77.7 Å². The summed E-state index contributed by atoms with van der Waals surface area (Å²) in [5.41, 5.74) is 0.619. The molecule has 7 unspecified atom stereocenters. The van der Waals surface area contributed by atoms with E-state index in [1.807, 2.05) is 0 Å². The summed E-state index contributed by atoms with van der Waals surface area (Å²) in [5, 5.41) is 11.0. The number of rotatable bonds is 0. The lowest BCUT2D eigenvalue weighted by molar-refractivity contribution is -0.167. The number of ketones is 1. The van der Waals surface area contributed by atoms with Gasteiger partial charge in [-0.05, 0) is 73.0 Å². The average Bonchev–Trinajstić information content (AvgIpc) is 2.80. The van der Waals surface area contributed by atoms with Crippen LogP contribution < -0.4 is 0 Å². The van der Waals surface area contributed by atoms with Crippen LogP contribution in [0.5, 0.6) is 0 Å². The van der Waals surface area contributed by atoms with Crippen LogP contribution in [0.25, 0.3) is 0 Å². The standard InChI is InChI=1S/C19H30O2/c1-18-8-3-4-15(18)14-6-5-12-10-13(20)7-9-19(12,2)17(14)16(21)11-18/h12,14-17,21H,3-11H2,1-2H3. The number of Topliss-reactive ketones (excluding diaryl/α,β-unsaturated/α-hetero) is 1. The Balaban J connectivity index is 1.69. The second kappa shape index (κ2) is 4.57. The summed E-state index contributed by atoms with van der Waals surface area (Å²) >= 11 is 0. The molecule has 0 aromatic carbocycles. The molecule has 21 heavy (non-hydrogen) atoms. The highest BCUT2D eigenvalue weighted by atomic mass is 16.3. The molecule has 118 valence electrons. The summed E-state index contributed by atoms with van der Waals surface area (Å²) in [4.78, 5) is 11.9. The maximum absolute atomic E-state index is 11.9. The van der Waals surface area contributed by atoms with Crippen LogP contribution in [0, 0.1) is 34.5 Å². The van der Waals surface area contributed by atoms with Gasteiger partial charge in [-0.3, -0.25) is 4.79 Å². The van der Waals surface area contributed by atoms with E-state index in [0.717, 1.165) is 37.5 Å². The van der Waals surface area contributed by atoms with E-state index >= 15 is 0 Å². The maximum atomic E-state index is 11.9. The highest BCUT2D eigenvalue weighted by Crippen LogP contribution is 2.65. The van der Waals surface area contributed by atoms with E-state index in [9.17, 15) is 9.90 Å². The fraction of sp³-hybridized carbons (Fsp3) is 0.947. The molecule has 0 aromatic rings. The van der Waals surface area contributed by atoms with Crippen LogP contribution in [0.15, 0.2) is 0 Å². The van der Waals surface area contributed by atoms with Gasteiger partial charge in [-0.25, -0.2) is 0 Å². The van der Waals surface area contributed by atoms with Crippen molar-refractivity contribution >= 4 is 5.78 Å². The van der Waals surface area contributed by atoms with Gasteiger partial charge < -0.3 is 5.11 Å². The van der Waals surface area contributed by atoms with Crippen LogP contribution in [0.2, 0.25) is 0 Å². The SMILES string of the molecule is CC12CCCC1C1CCC3CC(=O)CCC3(C)C1C(O)C2. The van der Waals surface area contributed by atoms with Crippen LogP contribution in [-0.2, 0) is 4.79 Å². The van der Waals surface area contributed by atoms with E-state index in [0.29, 0.717) is 23.0 Å². The first kappa shape index (κ1) is 14.2. The molecule has 7 atom stereocenters. The van der Waals surface area contributed by atoms with Gasteiger partial charge in [-0.15, -0.1) is 0 Å². The molecule has 2 heteroatoms. The lowest BCUT2D eigenvalue weighted by atomic mass is 9.44. The normalized spacial score (nSPS) is 56.5. The Kier molecular flexibility index (Phi) is 3.10. The molecule has 0 saturated heterocycles. The molecule has 4 rings (SSSR count). The summed E-state index contributed by atoms with van der Waals surface area (Å²) < 4.78 is 0. The molecule has 0 radical (unpaired) electrons. The molecule has 4 saturated carbocycles. The van der Waals surface area contributed by atoms with Crippen LogP contribution in [0.4, 0.5) is 0 Å². The smallest absolute Gasteiger partial charge is 0.133 e. The van der Waals surface area contributed by atoms with Crippen molar-refractivity contribution in [2.24, 2.45) is 34.5 Å². The first-order valence-corrected chi connectivity index (χ1v) is 9.14. The van der Waals surface area contributed by atoms with Gasteiger partial charge in [0, 0.05) is 12.8 Å². The predicted octanol–water partition coefficient (Wildman–Crippen LogP) is 3.96. The van der Waals surface area contributed by atoms with Crippen molar-refractivity contribution in [3.05, 3.63) is 0 Å². The molecule has 4 fully saturated rings. The van der Waals surface area contributed by atoms with Crippen molar-refractivity contribution in [1.29, 1.82) is 0 Å². The number of hydrogen-bond donors (Lipinski definition) is 1. The Labute approximate surface area is 128 Å². The number of carbonyl (C=O) groups excluding carboxylic acids is 1. The van der Waals surface area contributed by atoms with Gasteiger partial charge in [0.05, 0.1) is 6.10 Å². The highest BCUT2D eigenvalue weighted by Gasteiger charge is 2.60. The van der Waals surface area contributed by atoms with Crippen molar-refractivity contribution in [3.8, 4) is 0 Å². The zero-order valence-corrected chi connectivity index (χ0v) is 13.6. The molecule has 0 spiro atoms. The van der Waals surface area contributed by atoms with Crippen LogP contribution >= 0.6 is 0 Å². The number of carbonyl (C=O) groups is 1. The summed E-state index contributed by atoms with van der Waals surface area (Å²) in [6, 6.07) is 0. The van der Waals surface area contributed by atoms with E-state index in [1.54, 1.807) is 0 Å². The fourth-order valence-corrected chi connectivity index (χ4v) is 7.18. The van der Waals surface area contributed by atoms with E-state index < -0.39 is 0 Å². The second-order valence-electron chi connectivity index (χ2n) is 9.14. The van der Waals surface area contributed by atoms with Gasteiger partial charge in [-0.2, -0.15) is 0 Å². The monoisotopic (exact) mass is 290 g/mol. The molecule has 0 aliphatic heterocycles. The lowest BCUT2D eigenvalue weighted by Gasteiger charge is -2.61. The molecule has 0 heterocycles. The number of aliphatic hydroxyl groups excluding tert-OH is 1. The molecule has 4 aliphatic rings. The topological polar surface area (TPSA) is 37.3 Å². The zero-order chi connectivity index (χ0) is 14.8. The van der Waals surface area contributed by atoms with Gasteiger partial charge in [0.15, 0.2) is 0 Å². The van der Waals surface area contributed by atoms with Gasteiger partial charge in [0.25, 0.3) is 0 Å². The second-order valence-corrected chi connectivity index (χ2v) is 9.14. The number of fused-ring (bicyclic) bond motifs is 5. The Morgan fingerprint density at radius 3 is 2.76 bits per heavy atom. The minimum atomic E-state index is -0.129. The van der Waals surface area contributed by atoms with Crippen LogP contribution in [0.3, 0.4) is 0 Å². The summed E-state index contributed by atoms with van der Waals surface area (Å²) in [6.45, 7) is 4.84. The van der Waals surface area contributed by atoms with Crippen LogP contribution in [0.1, 0.15) is 71.6 Å². The third-order valence-corrected chi connectivity index (χ3v) is 8.19. The molecular formula is C19H30O2. The summed E-state index contributed by atoms with van der Waals surface area (Å²) in [6.07, 6.45) is 9.98. The number of aliphatic hydroxyl groups is 1. The van der Waals surface area contributed by atoms with Gasteiger partial charge >= 0.3 is 0 Å². The lowest BCUT2D eigenvalue weighted by Crippen LogP contribution is -2.58. The summed E-state index contributed by atoms with van der Waals surface area (Å²) in [7, 11) is 0. The largest absolute Gasteiger partial charge is 0.393 e. The van der Waals surface area contributed by atoms with Gasteiger partial charge in [0.2, 0.25) is 0 Å². The first-order valence-electron chi connectivity index (χ1n) is 9.14. The molecule has 0 amide bonds. The van der Waals surface area contributed by atoms with E-state index in [4.69, 9.17) is 0 Å². The van der Waals surface area contributed by atoms with Gasteiger partial charge in [-0.1, -0.05) is 20.3 Å². The quantitative estimate of drug-likeness (QED) is 0.733. The van der Waals surface area contributed by atoms with Crippen LogP contribution in [-0.4, -0.2) is 17.0 Å². The number of hydrogen-bond acceptors (Lipinski definition) is 2. The zero-order valence-electron chi connectivity index (χ0n) is 13.6. The Bertz CT molecular complexity index is 458. The Morgan fingerprint density at radius 2 is 1.95 bits per heavy atom. The fourth-order valence-electron chi connectivity index (χ4n) is 7.18. The Morgan fingerprint density at radius 1 is 1.14 bits per heavy atom. The van der Waals surface area contributed by atoms with E-state index in [1.165, 1.54) is 32.1 Å². The molecule has 0 aromatic heterocycles. The third-order valence-electron chi connectivity index (χ3n) is 8.19. The molecule has 1 N–H and O–H groups in total.